The Morgan fingerprint density at radius 1 is 1.13 bits per heavy atom. The molecule has 0 aliphatic rings. The first-order valence-electron chi connectivity index (χ1n) is 9.34. The maximum atomic E-state index is 13.1. The van der Waals surface area contributed by atoms with Crippen molar-refractivity contribution in [2.45, 2.75) is 38.2 Å². The van der Waals surface area contributed by atoms with Crippen molar-refractivity contribution in [3.63, 3.8) is 0 Å². The summed E-state index contributed by atoms with van der Waals surface area (Å²) in [6.45, 7) is 5.68. The predicted octanol–water partition coefficient (Wildman–Crippen LogP) is 4.79. The molecule has 8 heteroatoms. The van der Waals surface area contributed by atoms with E-state index in [1.165, 1.54) is 12.1 Å². The molecule has 0 amide bonds. The van der Waals surface area contributed by atoms with Gasteiger partial charge < -0.3 is 14.3 Å². The summed E-state index contributed by atoms with van der Waals surface area (Å²) in [5, 5.41) is 8.95. The number of carbonyl (C=O) groups is 1. The molecule has 0 aliphatic heterocycles. The summed E-state index contributed by atoms with van der Waals surface area (Å²) in [5.41, 5.74) is 1.88. The second-order valence-electron chi connectivity index (χ2n) is 7.16. The van der Waals surface area contributed by atoms with Crippen molar-refractivity contribution >= 4 is 21.7 Å². The molecule has 0 saturated heterocycles. The highest BCUT2D eigenvalue weighted by molar-refractivity contribution is 7.92. The maximum absolute atomic E-state index is 13.1. The Kier molecular flexibility index (Phi) is 6.17. The van der Waals surface area contributed by atoms with Gasteiger partial charge in [0, 0.05) is 0 Å². The van der Waals surface area contributed by atoms with E-state index in [2.05, 4.69) is 4.72 Å². The molecule has 7 nitrogen and oxygen atoms in total. The second-order valence-corrected chi connectivity index (χ2v) is 8.81. The van der Waals surface area contributed by atoms with Gasteiger partial charge in [-0.2, -0.15) is 0 Å². The van der Waals surface area contributed by atoms with Crippen LogP contribution in [0.5, 0.6) is 5.75 Å². The van der Waals surface area contributed by atoms with Crippen molar-refractivity contribution in [2.75, 3.05) is 4.72 Å². The smallest absolute Gasteiger partial charge is 0.371 e. The van der Waals surface area contributed by atoms with E-state index >= 15 is 0 Å². The summed E-state index contributed by atoms with van der Waals surface area (Å²) in [6, 6.07) is 14.8. The molecule has 1 heterocycles. The Morgan fingerprint density at radius 2 is 1.87 bits per heavy atom. The number of hydrogen-bond donors (Lipinski definition) is 2. The summed E-state index contributed by atoms with van der Waals surface area (Å²) in [5.74, 6) is -0.700. The van der Waals surface area contributed by atoms with Gasteiger partial charge in [-0.05, 0) is 54.3 Å². The molecule has 3 aromatic rings. The van der Waals surface area contributed by atoms with Gasteiger partial charge in [0.1, 0.15) is 18.1 Å². The summed E-state index contributed by atoms with van der Waals surface area (Å²) < 4.78 is 39.7. The van der Waals surface area contributed by atoms with Crippen molar-refractivity contribution in [1.29, 1.82) is 0 Å². The van der Waals surface area contributed by atoms with Gasteiger partial charge >= 0.3 is 5.97 Å². The van der Waals surface area contributed by atoms with Gasteiger partial charge in [0.2, 0.25) is 5.76 Å². The van der Waals surface area contributed by atoms with Crippen molar-refractivity contribution in [3.8, 4) is 5.75 Å². The van der Waals surface area contributed by atoms with Crippen molar-refractivity contribution in [2.24, 2.45) is 0 Å². The molecule has 1 aromatic heterocycles. The molecule has 0 radical (unpaired) electrons. The van der Waals surface area contributed by atoms with E-state index in [0.717, 1.165) is 11.1 Å². The minimum Gasteiger partial charge on any atom is -0.483 e. The van der Waals surface area contributed by atoms with Crippen LogP contribution in [0, 0.1) is 6.92 Å². The Morgan fingerprint density at radius 3 is 2.53 bits per heavy atom. The van der Waals surface area contributed by atoms with Crippen LogP contribution in [0.2, 0.25) is 0 Å². The number of hydrogen-bond acceptors (Lipinski definition) is 5. The number of aryl methyl sites for hydroxylation is 1. The van der Waals surface area contributed by atoms with Crippen LogP contribution in [-0.2, 0) is 16.6 Å². The second kappa shape index (κ2) is 8.62. The average molecular weight is 429 g/mol. The molecule has 0 unspecified atom stereocenters. The van der Waals surface area contributed by atoms with E-state index in [9.17, 15) is 13.2 Å². The van der Waals surface area contributed by atoms with E-state index in [4.69, 9.17) is 14.3 Å². The van der Waals surface area contributed by atoms with Gasteiger partial charge in [-0.1, -0.05) is 38.1 Å². The molecular weight excluding hydrogens is 406 g/mol. The third kappa shape index (κ3) is 4.83. The third-order valence-electron chi connectivity index (χ3n) is 4.45. The minimum absolute atomic E-state index is 0.0360. The number of sulfonamides is 1. The lowest BCUT2D eigenvalue weighted by Gasteiger charge is -2.17. The third-order valence-corrected chi connectivity index (χ3v) is 5.89. The van der Waals surface area contributed by atoms with Crippen LogP contribution in [0.1, 0.15) is 47.2 Å². The average Bonchev–Trinajstić information content (AvgIpc) is 3.17. The van der Waals surface area contributed by atoms with E-state index in [1.54, 1.807) is 36.4 Å². The first-order valence-corrected chi connectivity index (χ1v) is 10.8. The number of carboxylic acids is 1. The number of nitrogens with one attached hydrogen (secondary N) is 1. The lowest BCUT2D eigenvalue weighted by atomic mass is 10.0. The Hall–Kier alpha value is -3.26. The minimum atomic E-state index is -3.85. The zero-order valence-corrected chi connectivity index (χ0v) is 17.7. The van der Waals surface area contributed by atoms with Crippen LogP contribution in [0.15, 0.2) is 63.9 Å². The number of rotatable bonds is 8. The lowest BCUT2D eigenvalue weighted by Crippen LogP contribution is -2.16. The Labute approximate surface area is 175 Å². The van der Waals surface area contributed by atoms with E-state index in [-0.39, 0.29) is 28.9 Å². The van der Waals surface area contributed by atoms with E-state index in [1.807, 2.05) is 26.8 Å². The summed E-state index contributed by atoms with van der Waals surface area (Å²) in [7, 11) is -3.85. The van der Waals surface area contributed by atoms with Crippen molar-refractivity contribution in [3.05, 3.63) is 77.2 Å². The van der Waals surface area contributed by atoms with Crippen LogP contribution < -0.4 is 9.46 Å². The van der Waals surface area contributed by atoms with Gasteiger partial charge in [-0.3, -0.25) is 4.72 Å². The standard InChI is InChI=1S/C22H23NO6S/c1-14(2)17-6-4-5-7-21(17)30(26,27)23-18-10-8-15(3)12-20(18)28-13-16-9-11-19(29-16)22(24)25/h4-12,14,23H,13H2,1-3H3,(H,24,25). The molecule has 0 atom stereocenters. The van der Waals surface area contributed by atoms with Crippen LogP contribution in [0.4, 0.5) is 5.69 Å². The quantitative estimate of drug-likeness (QED) is 0.533. The molecule has 0 saturated carbocycles. The highest BCUT2D eigenvalue weighted by atomic mass is 32.2. The lowest BCUT2D eigenvalue weighted by molar-refractivity contribution is 0.0658. The molecule has 30 heavy (non-hydrogen) atoms. The highest BCUT2D eigenvalue weighted by Gasteiger charge is 2.21. The molecule has 2 aromatic carbocycles. The van der Waals surface area contributed by atoms with Crippen LogP contribution in [0.3, 0.4) is 0 Å². The fourth-order valence-corrected chi connectivity index (χ4v) is 4.39. The zero-order valence-electron chi connectivity index (χ0n) is 16.9. The first kappa shape index (κ1) is 21.4. The molecule has 158 valence electrons. The van der Waals surface area contributed by atoms with E-state index < -0.39 is 16.0 Å². The number of ether oxygens (including phenoxy) is 1. The molecule has 0 spiro atoms. The van der Waals surface area contributed by atoms with Gasteiger partial charge in [-0.25, -0.2) is 13.2 Å². The number of anilines is 1. The molecular formula is C22H23NO6S. The first-order chi connectivity index (χ1) is 14.2. The molecule has 0 bridgehead atoms. The molecule has 0 aliphatic carbocycles. The Bertz CT molecular complexity index is 1160. The van der Waals surface area contributed by atoms with Gasteiger partial charge in [0.15, 0.2) is 0 Å². The van der Waals surface area contributed by atoms with Crippen LogP contribution in [0.25, 0.3) is 0 Å². The van der Waals surface area contributed by atoms with Gasteiger partial charge in [0.25, 0.3) is 10.0 Å². The number of benzene rings is 2. The fourth-order valence-electron chi connectivity index (χ4n) is 2.95. The SMILES string of the molecule is Cc1ccc(NS(=O)(=O)c2ccccc2C(C)C)c(OCc2ccc(C(=O)O)o2)c1. The zero-order chi connectivity index (χ0) is 21.9. The number of aromatic carboxylic acids is 1. The number of furan rings is 1. The van der Waals surface area contributed by atoms with Crippen molar-refractivity contribution < 1.29 is 27.5 Å². The van der Waals surface area contributed by atoms with Gasteiger partial charge in [-0.15, -0.1) is 0 Å². The van der Waals surface area contributed by atoms with Gasteiger partial charge in [0.05, 0.1) is 10.6 Å². The van der Waals surface area contributed by atoms with Crippen LogP contribution in [-0.4, -0.2) is 19.5 Å². The fraction of sp³-hybridized carbons (Fsp3) is 0.227. The monoisotopic (exact) mass is 429 g/mol. The van der Waals surface area contributed by atoms with E-state index in [0.29, 0.717) is 11.5 Å². The normalized spacial score (nSPS) is 11.5. The topological polar surface area (TPSA) is 106 Å². The van der Waals surface area contributed by atoms with Crippen LogP contribution >= 0.6 is 0 Å². The largest absolute Gasteiger partial charge is 0.483 e. The molecule has 0 fully saturated rings. The predicted molar refractivity (Wildman–Crippen MR) is 113 cm³/mol. The highest BCUT2D eigenvalue weighted by Crippen LogP contribution is 2.31. The Balaban J connectivity index is 1.87. The maximum Gasteiger partial charge on any atom is 0.371 e. The van der Waals surface area contributed by atoms with Crippen molar-refractivity contribution in [1.82, 2.24) is 0 Å². The molecule has 2 N–H and O–H groups in total. The number of carboxylic acid groups (broad SMARTS) is 1. The summed E-state index contributed by atoms with van der Waals surface area (Å²) >= 11 is 0. The molecule has 3 rings (SSSR count). The summed E-state index contributed by atoms with van der Waals surface area (Å²) in [4.78, 5) is 11.2. The summed E-state index contributed by atoms with van der Waals surface area (Å²) in [6.07, 6.45) is 0.